The number of hydrogen-bond acceptors (Lipinski definition) is 3. The van der Waals surface area contributed by atoms with Crippen LogP contribution in [0.15, 0.2) is 18.2 Å². The minimum atomic E-state index is 0.414. The van der Waals surface area contributed by atoms with E-state index < -0.39 is 0 Å². The van der Waals surface area contributed by atoms with E-state index in [2.05, 4.69) is 68.2 Å². The molecule has 0 saturated carbocycles. The Kier molecular flexibility index (Phi) is 5.80. The lowest BCUT2D eigenvalue weighted by Crippen LogP contribution is -2.55. The van der Waals surface area contributed by atoms with Gasteiger partial charge < -0.3 is 10.2 Å². The molecule has 1 aromatic carbocycles. The molecular formula is C18H31N3. The van der Waals surface area contributed by atoms with Gasteiger partial charge in [0, 0.05) is 31.7 Å². The summed E-state index contributed by atoms with van der Waals surface area (Å²) in [7, 11) is 4.50. The average Bonchev–Trinajstić information content (AvgIpc) is 2.47. The lowest BCUT2D eigenvalue weighted by atomic mass is 9.91. The first-order valence-electron chi connectivity index (χ1n) is 8.22. The van der Waals surface area contributed by atoms with Gasteiger partial charge in [0.15, 0.2) is 0 Å². The molecule has 1 aromatic rings. The topological polar surface area (TPSA) is 18.5 Å². The van der Waals surface area contributed by atoms with E-state index in [1.165, 1.54) is 29.7 Å². The molecule has 1 saturated heterocycles. The Bertz CT molecular complexity index is 458. The first-order chi connectivity index (χ1) is 10.0. The maximum absolute atomic E-state index is 3.81. The van der Waals surface area contributed by atoms with Crippen molar-refractivity contribution in [2.45, 2.75) is 39.3 Å². The summed E-state index contributed by atoms with van der Waals surface area (Å²) in [5.74, 6) is 0. The summed E-state index contributed by atoms with van der Waals surface area (Å²) in [6.07, 6.45) is 1.17. The standard InChI is InChI=1S/C18H31N3/c1-6-10-19-18(16-9-7-8-14(2)15(16)3)17-13-20(4)11-12-21(17)5/h7-9,17-19H,6,10-13H2,1-5H3. The van der Waals surface area contributed by atoms with Gasteiger partial charge in [0.25, 0.3) is 0 Å². The highest BCUT2D eigenvalue weighted by Crippen LogP contribution is 2.27. The van der Waals surface area contributed by atoms with Crippen LogP contribution in [0.1, 0.15) is 36.1 Å². The second-order valence-corrected chi connectivity index (χ2v) is 6.53. The van der Waals surface area contributed by atoms with Gasteiger partial charge in [-0.3, -0.25) is 4.90 Å². The smallest absolute Gasteiger partial charge is 0.0493 e. The van der Waals surface area contributed by atoms with Crippen molar-refractivity contribution in [1.29, 1.82) is 0 Å². The molecule has 1 aliphatic rings. The second kappa shape index (κ2) is 7.39. The highest BCUT2D eigenvalue weighted by Gasteiger charge is 2.31. The van der Waals surface area contributed by atoms with Crippen molar-refractivity contribution >= 4 is 0 Å². The first-order valence-corrected chi connectivity index (χ1v) is 8.22. The first kappa shape index (κ1) is 16.5. The van der Waals surface area contributed by atoms with Crippen LogP contribution in [0, 0.1) is 13.8 Å². The Morgan fingerprint density at radius 2 is 2.00 bits per heavy atom. The molecule has 1 aliphatic heterocycles. The van der Waals surface area contributed by atoms with E-state index in [1.807, 2.05) is 0 Å². The maximum Gasteiger partial charge on any atom is 0.0493 e. The zero-order chi connectivity index (χ0) is 15.4. The minimum absolute atomic E-state index is 0.414. The van der Waals surface area contributed by atoms with Crippen molar-refractivity contribution in [3.05, 3.63) is 34.9 Å². The second-order valence-electron chi connectivity index (χ2n) is 6.53. The van der Waals surface area contributed by atoms with Gasteiger partial charge in [-0.1, -0.05) is 25.1 Å². The molecule has 2 unspecified atom stereocenters. The predicted octanol–water partition coefficient (Wildman–Crippen LogP) is 2.59. The average molecular weight is 289 g/mol. The summed E-state index contributed by atoms with van der Waals surface area (Å²) < 4.78 is 0. The third kappa shape index (κ3) is 3.85. The zero-order valence-electron chi connectivity index (χ0n) is 14.3. The monoisotopic (exact) mass is 289 g/mol. The van der Waals surface area contributed by atoms with Crippen LogP contribution in [0.3, 0.4) is 0 Å². The summed E-state index contributed by atoms with van der Waals surface area (Å²) in [6.45, 7) is 11.2. The highest BCUT2D eigenvalue weighted by atomic mass is 15.3. The van der Waals surface area contributed by atoms with Gasteiger partial charge in [0.2, 0.25) is 0 Å². The molecule has 0 aromatic heterocycles. The molecule has 2 atom stereocenters. The highest BCUT2D eigenvalue weighted by molar-refractivity contribution is 5.36. The minimum Gasteiger partial charge on any atom is -0.309 e. The van der Waals surface area contributed by atoms with E-state index in [-0.39, 0.29) is 0 Å². The maximum atomic E-state index is 3.81. The van der Waals surface area contributed by atoms with Crippen molar-refractivity contribution in [3.63, 3.8) is 0 Å². The third-order valence-electron chi connectivity index (χ3n) is 4.88. The molecule has 3 heteroatoms. The number of aryl methyl sites for hydroxylation is 1. The van der Waals surface area contributed by atoms with Crippen molar-refractivity contribution in [2.24, 2.45) is 0 Å². The Morgan fingerprint density at radius 3 is 2.71 bits per heavy atom. The number of piperazine rings is 1. The van der Waals surface area contributed by atoms with Gasteiger partial charge in [0.1, 0.15) is 0 Å². The van der Waals surface area contributed by atoms with E-state index in [9.17, 15) is 0 Å². The molecule has 1 N–H and O–H groups in total. The van der Waals surface area contributed by atoms with Crippen LogP contribution in [0.25, 0.3) is 0 Å². The van der Waals surface area contributed by atoms with E-state index in [1.54, 1.807) is 0 Å². The lowest BCUT2D eigenvalue weighted by molar-refractivity contribution is 0.0874. The Balaban J connectivity index is 2.30. The van der Waals surface area contributed by atoms with Crippen LogP contribution >= 0.6 is 0 Å². The quantitative estimate of drug-likeness (QED) is 0.899. The summed E-state index contributed by atoms with van der Waals surface area (Å²) in [4.78, 5) is 4.98. The molecule has 0 aliphatic carbocycles. The van der Waals surface area contributed by atoms with Crippen LogP contribution < -0.4 is 5.32 Å². The third-order valence-corrected chi connectivity index (χ3v) is 4.88. The van der Waals surface area contributed by atoms with Crippen molar-refractivity contribution in [3.8, 4) is 0 Å². The van der Waals surface area contributed by atoms with Gasteiger partial charge in [-0.05, 0) is 57.6 Å². The molecule has 118 valence electrons. The van der Waals surface area contributed by atoms with Gasteiger partial charge in [-0.15, -0.1) is 0 Å². The van der Waals surface area contributed by atoms with Gasteiger partial charge in [-0.25, -0.2) is 0 Å². The van der Waals surface area contributed by atoms with Crippen LogP contribution in [0.2, 0.25) is 0 Å². The van der Waals surface area contributed by atoms with Crippen molar-refractivity contribution in [2.75, 3.05) is 40.3 Å². The fourth-order valence-electron chi connectivity index (χ4n) is 3.27. The number of nitrogens with zero attached hydrogens (tertiary/aromatic N) is 2. The summed E-state index contributed by atoms with van der Waals surface area (Å²) >= 11 is 0. The van der Waals surface area contributed by atoms with Crippen LogP contribution in [-0.2, 0) is 0 Å². The SMILES string of the molecule is CCCNC(c1cccc(C)c1C)C1CN(C)CCN1C. The van der Waals surface area contributed by atoms with E-state index in [0.29, 0.717) is 12.1 Å². The molecule has 0 amide bonds. The summed E-state index contributed by atoms with van der Waals surface area (Å²) in [5.41, 5.74) is 4.30. The van der Waals surface area contributed by atoms with E-state index in [0.717, 1.165) is 19.6 Å². The van der Waals surface area contributed by atoms with Crippen LogP contribution in [0.4, 0.5) is 0 Å². The Hall–Kier alpha value is -0.900. The normalized spacial score (nSPS) is 22.4. The fourth-order valence-corrected chi connectivity index (χ4v) is 3.27. The van der Waals surface area contributed by atoms with Gasteiger partial charge >= 0.3 is 0 Å². The molecule has 2 rings (SSSR count). The number of likely N-dealkylation sites (N-methyl/N-ethyl adjacent to an activating group) is 2. The summed E-state index contributed by atoms with van der Waals surface area (Å²) in [6, 6.07) is 7.67. The molecule has 0 bridgehead atoms. The molecular weight excluding hydrogens is 258 g/mol. The van der Waals surface area contributed by atoms with E-state index in [4.69, 9.17) is 0 Å². The Morgan fingerprint density at radius 1 is 1.24 bits per heavy atom. The number of nitrogens with one attached hydrogen (secondary N) is 1. The molecule has 3 nitrogen and oxygen atoms in total. The van der Waals surface area contributed by atoms with Crippen LogP contribution in [-0.4, -0.2) is 56.1 Å². The zero-order valence-corrected chi connectivity index (χ0v) is 14.3. The van der Waals surface area contributed by atoms with Crippen molar-refractivity contribution < 1.29 is 0 Å². The largest absolute Gasteiger partial charge is 0.309 e. The Labute approximate surface area is 130 Å². The molecule has 1 fully saturated rings. The van der Waals surface area contributed by atoms with Gasteiger partial charge in [-0.2, -0.15) is 0 Å². The predicted molar refractivity (Wildman–Crippen MR) is 90.9 cm³/mol. The number of benzene rings is 1. The molecule has 0 spiro atoms. The number of hydrogen-bond donors (Lipinski definition) is 1. The fraction of sp³-hybridized carbons (Fsp3) is 0.667. The van der Waals surface area contributed by atoms with Crippen LogP contribution in [0.5, 0.6) is 0 Å². The molecule has 1 heterocycles. The molecule has 0 radical (unpaired) electrons. The molecule has 21 heavy (non-hydrogen) atoms. The summed E-state index contributed by atoms with van der Waals surface area (Å²) in [5, 5.41) is 3.81. The van der Waals surface area contributed by atoms with E-state index >= 15 is 0 Å². The lowest BCUT2D eigenvalue weighted by Gasteiger charge is -2.43. The van der Waals surface area contributed by atoms with Crippen molar-refractivity contribution in [1.82, 2.24) is 15.1 Å². The van der Waals surface area contributed by atoms with Gasteiger partial charge in [0.05, 0.1) is 0 Å². The number of rotatable bonds is 5.